The first-order valence-corrected chi connectivity index (χ1v) is 6.69. The fourth-order valence-electron chi connectivity index (χ4n) is 1.74. The number of nitrogens with zero attached hydrogens (tertiary/aromatic N) is 1. The molecule has 1 aromatic heterocycles. The van der Waals surface area contributed by atoms with Crippen LogP contribution < -0.4 is 5.32 Å². The Bertz CT molecular complexity index is 684. The lowest BCUT2D eigenvalue weighted by Crippen LogP contribution is -2.33. The van der Waals surface area contributed by atoms with Crippen molar-refractivity contribution in [3.63, 3.8) is 0 Å². The summed E-state index contributed by atoms with van der Waals surface area (Å²) in [7, 11) is 0. The molecule has 1 atom stereocenters. The number of thiophene rings is 1. The summed E-state index contributed by atoms with van der Waals surface area (Å²) in [6, 6.07) is 7.37. The standard InChI is InChI=1S/C13H10N2O5S/c16-12(8-4-1-2-5-9(8)15(19)20)14-11(13(17)18)10-6-3-7-21-10/h1-7,11H,(H,14,16)(H,17,18). The van der Waals surface area contributed by atoms with Crippen LogP contribution in [0.4, 0.5) is 5.69 Å². The van der Waals surface area contributed by atoms with E-state index >= 15 is 0 Å². The normalized spacial score (nSPS) is 11.6. The molecule has 2 aromatic rings. The Morgan fingerprint density at radius 3 is 2.52 bits per heavy atom. The van der Waals surface area contributed by atoms with Crippen LogP contribution in [0.2, 0.25) is 0 Å². The number of carbonyl (C=O) groups is 2. The summed E-state index contributed by atoms with van der Waals surface area (Å²) in [5.41, 5.74) is -0.546. The Balaban J connectivity index is 2.28. The van der Waals surface area contributed by atoms with E-state index in [1.54, 1.807) is 17.5 Å². The maximum absolute atomic E-state index is 12.1. The highest BCUT2D eigenvalue weighted by Crippen LogP contribution is 2.22. The highest BCUT2D eigenvalue weighted by atomic mass is 32.1. The van der Waals surface area contributed by atoms with Crippen molar-refractivity contribution in [2.24, 2.45) is 0 Å². The van der Waals surface area contributed by atoms with Gasteiger partial charge in [0, 0.05) is 10.9 Å². The average Bonchev–Trinajstić information content (AvgIpc) is 2.97. The topological polar surface area (TPSA) is 110 Å². The minimum Gasteiger partial charge on any atom is -0.479 e. The van der Waals surface area contributed by atoms with Crippen molar-refractivity contribution in [2.45, 2.75) is 6.04 Å². The van der Waals surface area contributed by atoms with Crippen molar-refractivity contribution in [1.82, 2.24) is 5.32 Å². The summed E-state index contributed by atoms with van der Waals surface area (Å²) in [5.74, 6) is -2.03. The second kappa shape index (κ2) is 6.14. The number of para-hydroxylation sites is 1. The van der Waals surface area contributed by atoms with Crippen LogP contribution in [0.5, 0.6) is 0 Å². The van der Waals surface area contributed by atoms with E-state index < -0.39 is 22.8 Å². The lowest BCUT2D eigenvalue weighted by molar-refractivity contribution is -0.385. The summed E-state index contributed by atoms with van der Waals surface area (Å²) < 4.78 is 0. The maximum Gasteiger partial charge on any atom is 0.331 e. The molecule has 0 bridgehead atoms. The molecule has 0 saturated heterocycles. The Morgan fingerprint density at radius 1 is 1.24 bits per heavy atom. The molecule has 0 aliphatic heterocycles. The van der Waals surface area contributed by atoms with Crippen LogP contribution in [0.25, 0.3) is 0 Å². The van der Waals surface area contributed by atoms with Gasteiger partial charge in [0.2, 0.25) is 0 Å². The van der Waals surface area contributed by atoms with Gasteiger partial charge < -0.3 is 10.4 Å². The van der Waals surface area contributed by atoms with E-state index in [1.165, 1.54) is 35.6 Å². The fourth-order valence-corrected chi connectivity index (χ4v) is 2.51. The Hall–Kier alpha value is -2.74. The largest absolute Gasteiger partial charge is 0.479 e. The van der Waals surface area contributed by atoms with Crippen molar-refractivity contribution >= 4 is 28.9 Å². The summed E-state index contributed by atoms with van der Waals surface area (Å²) in [6.45, 7) is 0. The number of aliphatic carboxylic acids is 1. The first-order chi connectivity index (χ1) is 10.0. The number of nitro benzene ring substituents is 1. The molecule has 7 nitrogen and oxygen atoms in total. The number of hydrogen-bond acceptors (Lipinski definition) is 5. The quantitative estimate of drug-likeness (QED) is 0.650. The molecule has 8 heteroatoms. The number of rotatable bonds is 5. The van der Waals surface area contributed by atoms with Gasteiger partial charge in [0.05, 0.1) is 4.92 Å². The maximum atomic E-state index is 12.1. The van der Waals surface area contributed by atoms with E-state index in [1.807, 2.05) is 0 Å². The molecule has 108 valence electrons. The molecule has 0 radical (unpaired) electrons. The summed E-state index contributed by atoms with van der Waals surface area (Å²) in [5, 5.41) is 24.0. The molecule has 0 aliphatic rings. The van der Waals surface area contributed by atoms with Gasteiger partial charge in [-0.2, -0.15) is 0 Å². The van der Waals surface area contributed by atoms with Crippen molar-refractivity contribution < 1.29 is 19.6 Å². The molecule has 2 rings (SSSR count). The number of hydrogen-bond donors (Lipinski definition) is 2. The third-order valence-electron chi connectivity index (χ3n) is 2.70. The van der Waals surface area contributed by atoms with Gasteiger partial charge in [-0.1, -0.05) is 18.2 Å². The van der Waals surface area contributed by atoms with Gasteiger partial charge in [0.15, 0.2) is 6.04 Å². The van der Waals surface area contributed by atoms with E-state index in [4.69, 9.17) is 0 Å². The fraction of sp³-hybridized carbons (Fsp3) is 0.0769. The zero-order valence-electron chi connectivity index (χ0n) is 10.6. The first kappa shape index (κ1) is 14.7. The second-order valence-electron chi connectivity index (χ2n) is 4.03. The van der Waals surface area contributed by atoms with Crippen molar-refractivity contribution in [1.29, 1.82) is 0 Å². The molecule has 1 amide bonds. The number of carboxylic acids is 1. The van der Waals surface area contributed by atoms with E-state index in [2.05, 4.69) is 5.32 Å². The highest BCUT2D eigenvalue weighted by Gasteiger charge is 2.26. The van der Waals surface area contributed by atoms with Gasteiger partial charge in [0.25, 0.3) is 11.6 Å². The van der Waals surface area contributed by atoms with Crippen LogP contribution in [-0.2, 0) is 4.79 Å². The number of carboxylic acid groups (broad SMARTS) is 1. The Kier molecular flexibility index (Phi) is 4.29. The number of amides is 1. The predicted molar refractivity (Wildman–Crippen MR) is 75.3 cm³/mol. The van der Waals surface area contributed by atoms with Gasteiger partial charge in [-0.25, -0.2) is 4.79 Å². The monoisotopic (exact) mass is 306 g/mol. The molecule has 21 heavy (non-hydrogen) atoms. The molecular weight excluding hydrogens is 296 g/mol. The third-order valence-corrected chi connectivity index (χ3v) is 3.63. The molecular formula is C13H10N2O5S. The van der Waals surface area contributed by atoms with Crippen LogP contribution in [0, 0.1) is 10.1 Å². The van der Waals surface area contributed by atoms with Crippen LogP contribution in [0.15, 0.2) is 41.8 Å². The van der Waals surface area contributed by atoms with Gasteiger partial charge >= 0.3 is 5.97 Å². The van der Waals surface area contributed by atoms with Gasteiger partial charge in [0.1, 0.15) is 5.56 Å². The highest BCUT2D eigenvalue weighted by molar-refractivity contribution is 7.10. The zero-order valence-corrected chi connectivity index (χ0v) is 11.4. The minimum absolute atomic E-state index is 0.176. The molecule has 0 saturated carbocycles. The number of carbonyl (C=O) groups excluding carboxylic acids is 1. The molecule has 1 unspecified atom stereocenters. The van der Waals surface area contributed by atoms with E-state index in [-0.39, 0.29) is 11.3 Å². The lowest BCUT2D eigenvalue weighted by Gasteiger charge is -2.13. The van der Waals surface area contributed by atoms with Crippen LogP contribution in [-0.4, -0.2) is 21.9 Å². The van der Waals surface area contributed by atoms with Crippen molar-refractivity contribution in [3.05, 3.63) is 62.3 Å². The molecule has 2 N–H and O–H groups in total. The minimum atomic E-state index is -1.24. The second-order valence-corrected chi connectivity index (χ2v) is 5.01. The molecule has 0 fully saturated rings. The lowest BCUT2D eigenvalue weighted by atomic mass is 10.1. The van der Waals surface area contributed by atoms with Crippen molar-refractivity contribution in [3.8, 4) is 0 Å². The SMILES string of the molecule is O=C(NC(C(=O)O)c1cccs1)c1ccccc1[N+](=O)[O-]. The molecule has 1 heterocycles. The van der Waals surface area contributed by atoms with Gasteiger partial charge in [-0.3, -0.25) is 14.9 Å². The molecule has 0 aliphatic carbocycles. The smallest absolute Gasteiger partial charge is 0.331 e. The predicted octanol–water partition coefficient (Wildman–Crippen LogP) is 2.21. The number of nitro groups is 1. The Labute approximate surface area is 123 Å². The summed E-state index contributed by atoms with van der Waals surface area (Å²) >= 11 is 1.18. The summed E-state index contributed by atoms with van der Waals surface area (Å²) in [6.07, 6.45) is 0. The van der Waals surface area contributed by atoms with E-state index in [0.29, 0.717) is 4.88 Å². The number of benzene rings is 1. The zero-order chi connectivity index (χ0) is 15.4. The molecule has 0 spiro atoms. The van der Waals surface area contributed by atoms with Crippen molar-refractivity contribution in [2.75, 3.05) is 0 Å². The van der Waals surface area contributed by atoms with Crippen LogP contribution >= 0.6 is 11.3 Å². The van der Waals surface area contributed by atoms with Gasteiger partial charge in [-0.15, -0.1) is 11.3 Å². The van der Waals surface area contributed by atoms with Gasteiger partial charge in [-0.05, 0) is 17.5 Å². The average molecular weight is 306 g/mol. The third kappa shape index (κ3) is 3.23. The summed E-state index contributed by atoms with van der Waals surface area (Å²) in [4.78, 5) is 34.0. The van der Waals surface area contributed by atoms with E-state index in [0.717, 1.165) is 0 Å². The van der Waals surface area contributed by atoms with E-state index in [9.17, 15) is 24.8 Å². The first-order valence-electron chi connectivity index (χ1n) is 5.81. The Morgan fingerprint density at radius 2 is 1.95 bits per heavy atom. The number of nitrogens with one attached hydrogen (secondary N) is 1. The van der Waals surface area contributed by atoms with Crippen LogP contribution in [0.3, 0.4) is 0 Å². The van der Waals surface area contributed by atoms with Crippen LogP contribution in [0.1, 0.15) is 21.3 Å². The molecule has 1 aromatic carbocycles.